The first kappa shape index (κ1) is 14.5. The highest BCUT2D eigenvalue weighted by Crippen LogP contribution is 2.40. The number of carbonyl (C=O) groups is 1. The van der Waals surface area contributed by atoms with Gasteiger partial charge < -0.3 is 9.84 Å². The molecule has 1 aromatic rings. The zero-order valence-electron chi connectivity index (χ0n) is 9.87. The topological polar surface area (TPSA) is 46.5 Å². The van der Waals surface area contributed by atoms with Crippen LogP contribution in [0.2, 0.25) is 5.02 Å². The van der Waals surface area contributed by atoms with Crippen LogP contribution in [0.3, 0.4) is 0 Å². The van der Waals surface area contributed by atoms with E-state index in [1.807, 2.05) is 0 Å². The Morgan fingerprint density at radius 3 is 2.60 bits per heavy atom. The quantitative estimate of drug-likeness (QED) is 0.904. The van der Waals surface area contributed by atoms with E-state index < -0.39 is 23.8 Å². The predicted molar refractivity (Wildman–Crippen MR) is 67.6 cm³/mol. The highest BCUT2D eigenvalue weighted by molar-refractivity contribution is 6.31. The predicted octanol–water partition coefficient (Wildman–Crippen LogP) is 3.77. The second kappa shape index (κ2) is 4.86. The van der Waals surface area contributed by atoms with Crippen LogP contribution in [-0.4, -0.2) is 23.4 Å². The summed E-state index contributed by atoms with van der Waals surface area (Å²) in [5, 5.41) is 9.14. The number of aliphatic carboxylic acids is 1. The van der Waals surface area contributed by atoms with Crippen molar-refractivity contribution in [3.05, 3.63) is 40.4 Å². The van der Waals surface area contributed by atoms with Gasteiger partial charge in [-0.25, -0.2) is 4.79 Å². The summed E-state index contributed by atoms with van der Waals surface area (Å²) in [5.74, 6) is -1.78. The lowest BCUT2D eigenvalue weighted by Crippen LogP contribution is -2.40. The fourth-order valence-electron chi connectivity index (χ4n) is 1.87. The van der Waals surface area contributed by atoms with Gasteiger partial charge in [0.25, 0.3) is 0 Å². The Morgan fingerprint density at radius 2 is 2.10 bits per heavy atom. The maximum Gasteiger partial charge on any atom is 0.430 e. The molecule has 1 aromatic carbocycles. The lowest BCUT2D eigenvalue weighted by molar-refractivity contribution is -0.187. The average Bonchev–Trinajstić information content (AvgIpc) is 2.34. The Kier molecular flexibility index (Phi) is 3.52. The molecule has 106 valence electrons. The molecule has 1 atom stereocenters. The molecule has 0 saturated heterocycles. The van der Waals surface area contributed by atoms with Gasteiger partial charge in [0.15, 0.2) is 0 Å². The van der Waals surface area contributed by atoms with Crippen LogP contribution in [0.15, 0.2) is 24.3 Å². The number of carboxylic acid groups (broad SMARTS) is 1. The van der Waals surface area contributed by atoms with Gasteiger partial charge >= 0.3 is 12.1 Å². The SMILES string of the molecule is C=Cc1cc(Cl)cc2c1OC(C(F)(F)F)C(C(=O)O)=C2. The Balaban J connectivity index is 2.65. The Bertz CT molecular complexity index is 620. The van der Waals surface area contributed by atoms with Crippen molar-refractivity contribution in [3.63, 3.8) is 0 Å². The molecular formula is C13H8ClF3O3. The first-order valence-corrected chi connectivity index (χ1v) is 5.76. The number of benzene rings is 1. The van der Waals surface area contributed by atoms with Crippen LogP contribution in [-0.2, 0) is 4.79 Å². The van der Waals surface area contributed by atoms with Gasteiger partial charge in [0.2, 0.25) is 6.10 Å². The lowest BCUT2D eigenvalue weighted by atomic mass is 9.99. The van der Waals surface area contributed by atoms with E-state index in [0.29, 0.717) is 0 Å². The summed E-state index contributed by atoms with van der Waals surface area (Å²) in [7, 11) is 0. The van der Waals surface area contributed by atoms with Crippen LogP contribution in [0.1, 0.15) is 11.1 Å². The zero-order valence-corrected chi connectivity index (χ0v) is 10.6. The summed E-state index contributed by atoms with van der Waals surface area (Å²) < 4.78 is 43.5. The molecule has 0 bridgehead atoms. The van der Waals surface area contributed by atoms with E-state index >= 15 is 0 Å². The zero-order chi connectivity index (χ0) is 15.1. The number of ether oxygens (including phenoxy) is 1. The average molecular weight is 305 g/mol. The lowest BCUT2D eigenvalue weighted by Gasteiger charge is -2.28. The van der Waals surface area contributed by atoms with Crippen LogP contribution in [0, 0.1) is 0 Å². The van der Waals surface area contributed by atoms with E-state index in [4.69, 9.17) is 21.4 Å². The van der Waals surface area contributed by atoms with Gasteiger partial charge in [-0.05, 0) is 18.2 Å². The van der Waals surface area contributed by atoms with E-state index in [-0.39, 0.29) is 21.9 Å². The highest BCUT2D eigenvalue weighted by Gasteiger charge is 2.48. The Labute approximate surface area is 116 Å². The number of fused-ring (bicyclic) bond motifs is 1. The van der Waals surface area contributed by atoms with E-state index in [0.717, 1.165) is 6.08 Å². The number of rotatable bonds is 2. The molecule has 0 radical (unpaired) electrons. The van der Waals surface area contributed by atoms with Crippen LogP contribution >= 0.6 is 11.6 Å². The molecule has 0 amide bonds. The summed E-state index contributed by atoms with van der Waals surface area (Å²) >= 11 is 5.81. The van der Waals surface area contributed by atoms with Crippen molar-refractivity contribution in [1.29, 1.82) is 0 Å². The van der Waals surface area contributed by atoms with Gasteiger partial charge in [-0.2, -0.15) is 13.2 Å². The maximum atomic E-state index is 12.9. The van der Waals surface area contributed by atoms with Crippen LogP contribution in [0.5, 0.6) is 5.75 Å². The molecule has 1 aliphatic heterocycles. The molecule has 3 nitrogen and oxygen atoms in total. The van der Waals surface area contributed by atoms with Gasteiger partial charge in [0, 0.05) is 16.1 Å². The minimum atomic E-state index is -4.83. The Hall–Kier alpha value is -1.95. The number of carboxylic acids is 1. The van der Waals surface area contributed by atoms with Crippen molar-refractivity contribution in [2.24, 2.45) is 0 Å². The maximum absolute atomic E-state index is 12.9. The van der Waals surface area contributed by atoms with E-state index in [2.05, 4.69) is 6.58 Å². The molecule has 0 aliphatic carbocycles. The molecule has 7 heteroatoms. The fraction of sp³-hybridized carbons (Fsp3) is 0.154. The van der Waals surface area contributed by atoms with Crippen molar-refractivity contribution < 1.29 is 27.8 Å². The monoisotopic (exact) mass is 304 g/mol. The van der Waals surface area contributed by atoms with Gasteiger partial charge in [0.1, 0.15) is 5.75 Å². The third-order valence-electron chi connectivity index (χ3n) is 2.70. The molecule has 1 heterocycles. The standard InChI is InChI=1S/C13H8ClF3O3/c1-2-6-3-8(14)4-7-5-9(12(18)19)11(13(15,16)17)20-10(6)7/h2-5,11H,1H2,(H,18,19). The molecule has 0 fully saturated rings. The second-order valence-corrected chi connectivity index (χ2v) is 4.50. The molecule has 1 aliphatic rings. The summed E-state index contributed by atoms with van der Waals surface area (Å²) in [6.07, 6.45) is -5.15. The highest BCUT2D eigenvalue weighted by atomic mass is 35.5. The third-order valence-corrected chi connectivity index (χ3v) is 2.92. The number of hydrogen-bond acceptors (Lipinski definition) is 2. The van der Waals surface area contributed by atoms with E-state index in [1.54, 1.807) is 0 Å². The molecule has 0 spiro atoms. The molecule has 1 unspecified atom stereocenters. The number of halogens is 4. The van der Waals surface area contributed by atoms with Crippen LogP contribution < -0.4 is 4.74 Å². The number of alkyl halides is 3. The fourth-order valence-corrected chi connectivity index (χ4v) is 2.11. The molecular weight excluding hydrogens is 297 g/mol. The van der Waals surface area contributed by atoms with Crippen molar-refractivity contribution in [3.8, 4) is 5.75 Å². The van der Waals surface area contributed by atoms with E-state index in [9.17, 15) is 18.0 Å². The van der Waals surface area contributed by atoms with Gasteiger partial charge in [-0.1, -0.05) is 24.3 Å². The van der Waals surface area contributed by atoms with Crippen molar-refractivity contribution in [2.75, 3.05) is 0 Å². The minimum absolute atomic E-state index is 0.0864. The van der Waals surface area contributed by atoms with Gasteiger partial charge in [-0.3, -0.25) is 0 Å². The summed E-state index contributed by atoms with van der Waals surface area (Å²) in [5.41, 5.74) is -0.449. The van der Waals surface area contributed by atoms with E-state index in [1.165, 1.54) is 18.2 Å². The molecule has 2 rings (SSSR count). The summed E-state index contributed by atoms with van der Waals surface area (Å²) in [6.45, 7) is 3.46. The molecule has 20 heavy (non-hydrogen) atoms. The van der Waals surface area contributed by atoms with Crippen molar-refractivity contribution in [2.45, 2.75) is 12.3 Å². The summed E-state index contributed by atoms with van der Waals surface area (Å²) in [4.78, 5) is 11.0. The smallest absolute Gasteiger partial charge is 0.430 e. The largest absolute Gasteiger partial charge is 0.478 e. The van der Waals surface area contributed by atoms with Crippen molar-refractivity contribution >= 4 is 29.7 Å². The summed E-state index contributed by atoms with van der Waals surface area (Å²) in [6, 6.07) is 2.72. The number of hydrogen-bond donors (Lipinski definition) is 1. The van der Waals surface area contributed by atoms with Crippen molar-refractivity contribution in [1.82, 2.24) is 0 Å². The minimum Gasteiger partial charge on any atom is -0.478 e. The normalized spacial score (nSPS) is 17.8. The Morgan fingerprint density at radius 1 is 1.45 bits per heavy atom. The van der Waals surface area contributed by atoms with Crippen LogP contribution in [0.25, 0.3) is 12.2 Å². The third kappa shape index (κ3) is 2.51. The first-order chi connectivity index (χ1) is 9.24. The van der Waals surface area contributed by atoms with Crippen LogP contribution in [0.4, 0.5) is 13.2 Å². The molecule has 1 N–H and O–H groups in total. The second-order valence-electron chi connectivity index (χ2n) is 4.06. The van der Waals surface area contributed by atoms with Gasteiger partial charge in [0.05, 0.1) is 5.57 Å². The molecule has 0 saturated carbocycles. The van der Waals surface area contributed by atoms with Gasteiger partial charge in [-0.15, -0.1) is 0 Å². The first-order valence-electron chi connectivity index (χ1n) is 5.38. The molecule has 0 aromatic heterocycles.